The fraction of sp³-hybridized carbons (Fsp3) is 0.238. The number of benzene rings is 2. The van der Waals surface area contributed by atoms with Crippen LogP contribution in [0.15, 0.2) is 65.3 Å². The number of hydrogen-bond donors (Lipinski definition) is 0. The van der Waals surface area contributed by atoms with E-state index in [1.807, 2.05) is 61.5 Å². The molecule has 0 aliphatic carbocycles. The summed E-state index contributed by atoms with van der Waals surface area (Å²) in [5.41, 5.74) is 4.30. The Morgan fingerprint density at radius 1 is 1.00 bits per heavy atom. The maximum Gasteiger partial charge on any atom is 0.280 e. The van der Waals surface area contributed by atoms with Gasteiger partial charge in [-0.25, -0.2) is 0 Å². The summed E-state index contributed by atoms with van der Waals surface area (Å²) in [6, 6.07) is 17.7. The standard InChI is InChI=1S/C21H21N3O2/c1-16-19(21(25)24(22-16)18-8-3-2-4-9-18)15-17-7-5-6-10-20(17)23-11-13-26-14-12-23/h2-10,15H,11-14H2,1H3/b19-15-. The molecule has 0 radical (unpaired) electrons. The second-order valence-corrected chi connectivity index (χ2v) is 6.35. The minimum atomic E-state index is -0.0921. The maximum atomic E-state index is 12.9. The van der Waals surface area contributed by atoms with Crippen molar-refractivity contribution in [2.45, 2.75) is 6.92 Å². The van der Waals surface area contributed by atoms with Gasteiger partial charge in [0.15, 0.2) is 0 Å². The van der Waals surface area contributed by atoms with Crippen LogP contribution in [0.4, 0.5) is 11.4 Å². The molecule has 1 amide bonds. The third-order valence-electron chi connectivity index (χ3n) is 4.65. The molecule has 2 aromatic carbocycles. The molecule has 0 spiro atoms. The van der Waals surface area contributed by atoms with E-state index in [0.29, 0.717) is 5.57 Å². The van der Waals surface area contributed by atoms with E-state index in [0.717, 1.165) is 49.0 Å². The topological polar surface area (TPSA) is 45.1 Å². The molecule has 2 heterocycles. The Hall–Kier alpha value is -2.92. The van der Waals surface area contributed by atoms with E-state index in [9.17, 15) is 4.79 Å². The Morgan fingerprint density at radius 2 is 1.69 bits per heavy atom. The normalized spacial score (nSPS) is 19.2. The minimum absolute atomic E-state index is 0.0921. The van der Waals surface area contributed by atoms with Crippen LogP contribution in [0, 0.1) is 0 Å². The van der Waals surface area contributed by atoms with E-state index in [4.69, 9.17) is 4.74 Å². The summed E-state index contributed by atoms with van der Waals surface area (Å²) in [5, 5.41) is 5.93. The molecule has 2 aliphatic heterocycles. The lowest BCUT2D eigenvalue weighted by Gasteiger charge is -2.30. The van der Waals surface area contributed by atoms with Gasteiger partial charge in [-0.05, 0) is 36.8 Å². The van der Waals surface area contributed by atoms with Crippen LogP contribution in [0.3, 0.4) is 0 Å². The van der Waals surface area contributed by atoms with E-state index >= 15 is 0 Å². The highest BCUT2D eigenvalue weighted by Crippen LogP contribution is 2.28. The van der Waals surface area contributed by atoms with Gasteiger partial charge in [-0.3, -0.25) is 4.79 Å². The van der Waals surface area contributed by atoms with Crippen LogP contribution in [0.25, 0.3) is 6.08 Å². The van der Waals surface area contributed by atoms with Crippen LogP contribution in [0.5, 0.6) is 0 Å². The van der Waals surface area contributed by atoms with E-state index < -0.39 is 0 Å². The van der Waals surface area contributed by atoms with Gasteiger partial charge in [0.25, 0.3) is 5.91 Å². The Labute approximate surface area is 153 Å². The molecule has 26 heavy (non-hydrogen) atoms. The number of hydrazone groups is 1. The van der Waals surface area contributed by atoms with Gasteiger partial charge < -0.3 is 9.64 Å². The maximum absolute atomic E-state index is 12.9. The lowest BCUT2D eigenvalue weighted by molar-refractivity contribution is -0.114. The van der Waals surface area contributed by atoms with Crippen molar-refractivity contribution in [1.29, 1.82) is 0 Å². The summed E-state index contributed by atoms with van der Waals surface area (Å²) in [4.78, 5) is 15.2. The van der Waals surface area contributed by atoms with Crippen LogP contribution < -0.4 is 9.91 Å². The summed E-state index contributed by atoms with van der Waals surface area (Å²) >= 11 is 0. The zero-order valence-electron chi connectivity index (χ0n) is 14.8. The fourth-order valence-corrected chi connectivity index (χ4v) is 3.29. The number of hydrogen-bond acceptors (Lipinski definition) is 4. The van der Waals surface area contributed by atoms with Gasteiger partial charge in [0.05, 0.1) is 30.2 Å². The molecule has 5 nitrogen and oxygen atoms in total. The molecule has 0 N–H and O–H groups in total. The summed E-state index contributed by atoms with van der Waals surface area (Å²) in [5.74, 6) is -0.0921. The van der Waals surface area contributed by atoms with E-state index in [1.54, 1.807) is 0 Å². The molecule has 0 bridgehead atoms. The van der Waals surface area contributed by atoms with Gasteiger partial charge >= 0.3 is 0 Å². The molecule has 0 atom stereocenters. The third kappa shape index (κ3) is 3.13. The van der Waals surface area contributed by atoms with Crippen LogP contribution in [0.2, 0.25) is 0 Å². The van der Waals surface area contributed by atoms with Crippen molar-refractivity contribution in [3.05, 3.63) is 65.7 Å². The van der Waals surface area contributed by atoms with Crippen LogP contribution in [0.1, 0.15) is 12.5 Å². The Kier molecular flexibility index (Phi) is 4.54. The van der Waals surface area contributed by atoms with Gasteiger partial charge in [-0.2, -0.15) is 10.1 Å². The molecule has 5 heteroatoms. The van der Waals surface area contributed by atoms with Crippen molar-refractivity contribution in [3.8, 4) is 0 Å². The van der Waals surface area contributed by atoms with E-state index in [-0.39, 0.29) is 5.91 Å². The first-order chi connectivity index (χ1) is 12.7. The first-order valence-corrected chi connectivity index (χ1v) is 8.82. The fourth-order valence-electron chi connectivity index (χ4n) is 3.29. The van der Waals surface area contributed by atoms with Crippen LogP contribution >= 0.6 is 0 Å². The number of ether oxygens (including phenoxy) is 1. The first-order valence-electron chi connectivity index (χ1n) is 8.82. The number of morpholine rings is 1. The average Bonchev–Trinajstić information content (AvgIpc) is 2.98. The molecule has 1 fully saturated rings. The highest BCUT2D eigenvalue weighted by Gasteiger charge is 2.29. The lowest BCUT2D eigenvalue weighted by atomic mass is 10.0. The number of carbonyl (C=O) groups is 1. The number of anilines is 2. The van der Waals surface area contributed by atoms with Crippen molar-refractivity contribution >= 4 is 29.1 Å². The van der Waals surface area contributed by atoms with Gasteiger partial charge in [0.1, 0.15) is 0 Å². The summed E-state index contributed by atoms with van der Waals surface area (Å²) < 4.78 is 5.45. The number of amides is 1. The van der Waals surface area contributed by atoms with Crippen LogP contribution in [-0.4, -0.2) is 37.9 Å². The van der Waals surface area contributed by atoms with E-state index in [1.165, 1.54) is 5.01 Å². The molecule has 1 saturated heterocycles. The van der Waals surface area contributed by atoms with Crippen molar-refractivity contribution in [1.82, 2.24) is 0 Å². The Morgan fingerprint density at radius 3 is 2.46 bits per heavy atom. The zero-order valence-corrected chi connectivity index (χ0v) is 14.8. The number of carbonyl (C=O) groups excluding carboxylic acids is 1. The quantitative estimate of drug-likeness (QED) is 0.800. The first kappa shape index (κ1) is 16.5. The molecule has 4 rings (SSSR count). The lowest BCUT2D eigenvalue weighted by Crippen LogP contribution is -2.36. The van der Waals surface area contributed by atoms with Gasteiger partial charge in [0.2, 0.25) is 0 Å². The highest BCUT2D eigenvalue weighted by molar-refractivity contribution is 6.32. The third-order valence-corrected chi connectivity index (χ3v) is 4.65. The Bertz CT molecular complexity index is 868. The van der Waals surface area contributed by atoms with Gasteiger partial charge in [0, 0.05) is 18.8 Å². The summed E-state index contributed by atoms with van der Waals surface area (Å²) in [6.07, 6.45) is 1.95. The predicted molar refractivity (Wildman–Crippen MR) is 104 cm³/mol. The van der Waals surface area contributed by atoms with Gasteiger partial charge in [-0.1, -0.05) is 36.4 Å². The van der Waals surface area contributed by atoms with Crippen molar-refractivity contribution in [3.63, 3.8) is 0 Å². The van der Waals surface area contributed by atoms with Gasteiger partial charge in [-0.15, -0.1) is 0 Å². The number of nitrogens with zero attached hydrogens (tertiary/aromatic N) is 3. The van der Waals surface area contributed by atoms with Crippen molar-refractivity contribution in [2.24, 2.45) is 5.10 Å². The Balaban J connectivity index is 1.67. The largest absolute Gasteiger partial charge is 0.378 e. The number of para-hydroxylation sites is 2. The highest BCUT2D eigenvalue weighted by atomic mass is 16.5. The second kappa shape index (κ2) is 7.14. The van der Waals surface area contributed by atoms with Crippen molar-refractivity contribution < 1.29 is 9.53 Å². The molecular formula is C21H21N3O2. The smallest absolute Gasteiger partial charge is 0.280 e. The molecule has 0 unspecified atom stereocenters. The SMILES string of the molecule is CC1=NN(c2ccccc2)C(=O)/C1=C\c1ccccc1N1CCOCC1. The molecular weight excluding hydrogens is 326 g/mol. The van der Waals surface area contributed by atoms with Crippen LogP contribution in [-0.2, 0) is 9.53 Å². The second-order valence-electron chi connectivity index (χ2n) is 6.35. The minimum Gasteiger partial charge on any atom is -0.378 e. The molecule has 0 saturated carbocycles. The molecule has 2 aromatic rings. The zero-order chi connectivity index (χ0) is 17.9. The average molecular weight is 347 g/mol. The van der Waals surface area contributed by atoms with E-state index in [2.05, 4.69) is 16.1 Å². The summed E-state index contributed by atoms with van der Waals surface area (Å²) in [7, 11) is 0. The molecule has 132 valence electrons. The number of rotatable bonds is 3. The molecule has 0 aromatic heterocycles. The van der Waals surface area contributed by atoms with Crippen molar-refractivity contribution in [2.75, 3.05) is 36.2 Å². The molecule has 2 aliphatic rings. The summed E-state index contributed by atoms with van der Waals surface area (Å²) in [6.45, 7) is 5.05. The predicted octanol–water partition coefficient (Wildman–Crippen LogP) is 3.33. The monoisotopic (exact) mass is 347 g/mol.